The van der Waals surface area contributed by atoms with Gasteiger partial charge in [-0.05, 0) is 60.2 Å². The summed E-state index contributed by atoms with van der Waals surface area (Å²) in [4.78, 5) is 0. The van der Waals surface area contributed by atoms with Gasteiger partial charge in [-0.15, -0.1) is 11.3 Å². The largest absolute Gasteiger partial charge is 0.456 e. The number of furan rings is 2. The zero-order valence-electron chi connectivity index (χ0n) is 24.5. The number of benzene rings is 7. The number of thiophene rings is 1. The van der Waals surface area contributed by atoms with Gasteiger partial charge in [0, 0.05) is 63.7 Å². The fraction of sp³-hybridized carbons (Fsp3) is 0. The molecule has 0 radical (unpaired) electrons. The molecule has 214 valence electrons. The van der Waals surface area contributed by atoms with E-state index in [1.165, 1.54) is 42.0 Å². The summed E-state index contributed by atoms with van der Waals surface area (Å²) in [5.74, 6) is 0. The van der Waals surface area contributed by atoms with Crippen molar-refractivity contribution in [1.82, 2.24) is 4.57 Å². The van der Waals surface area contributed by atoms with E-state index in [0.717, 1.165) is 60.7 Å². The first-order chi connectivity index (χ1) is 22.8. The van der Waals surface area contributed by atoms with E-state index >= 15 is 0 Å². The first-order valence-electron chi connectivity index (χ1n) is 15.5. The van der Waals surface area contributed by atoms with Crippen molar-refractivity contribution in [1.29, 1.82) is 0 Å². The zero-order chi connectivity index (χ0) is 29.9. The van der Waals surface area contributed by atoms with Crippen molar-refractivity contribution in [2.45, 2.75) is 0 Å². The van der Waals surface area contributed by atoms with E-state index in [-0.39, 0.29) is 0 Å². The highest BCUT2D eigenvalue weighted by atomic mass is 32.1. The fourth-order valence-electron chi connectivity index (χ4n) is 7.60. The minimum Gasteiger partial charge on any atom is -0.456 e. The molecule has 4 heteroatoms. The van der Waals surface area contributed by atoms with E-state index in [9.17, 15) is 0 Å². The summed E-state index contributed by atoms with van der Waals surface area (Å²) in [6, 6.07) is 49.8. The Morgan fingerprint density at radius 2 is 1.15 bits per heavy atom. The number of fused-ring (bicyclic) bond motifs is 12. The number of hydrogen-bond acceptors (Lipinski definition) is 3. The van der Waals surface area contributed by atoms with E-state index < -0.39 is 0 Å². The molecule has 0 saturated carbocycles. The minimum atomic E-state index is 0.877. The molecule has 0 amide bonds. The molecule has 0 N–H and O–H groups in total. The van der Waals surface area contributed by atoms with Gasteiger partial charge in [-0.1, -0.05) is 84.9 Å². The summed E-state index contributed by atoms with van der Waals surface area (Å²) in [6.45, 7) is 0. The Morgan fingerprint density at radius 1 is 0.413 bits per heavy atom. The van der Waals surface area contributed by atoms with Crippen molar-refractivity contribution < 1.29 is 8.83 Å². The molecule has 0 saturated heterocycles. The molecule has 0 aliphatic rings. The van der Waals surface area contributed by atoms with Gasteiger partial charge < -0.3 is 13.4 Å². The Kier molecular flexibility index (Phi) is 4.72. The Bertz CT molecular complexity index is 3040. The Hall–Kier alpha value is -5.84. The third-order valence-corrected chi connectivity index (χ3v) is 10.7. The smallest absolute Gasteiger partial charge is 0.143 e. The van der Waals surface area contributed by atoms with Crippen LogP contribution < -0.4 is 0 Å². The molecule has 0 spiro atoms. The van der Waals surface area contributed by atoms with Crippen LogP contribution in [0.25, 0.3) is 103 Å². The van der Waals surface area contributed by atoms with Gasteiger partial charge >= 0.3 is 0 Å². The van der Waals surface area contributed by atoms with Gasteiger partial charge in [-0.2, -0.15) is 0 Å². The van der Waals surface area contributed by atoms with E-state index in [4.69, 9.17) is 8.83 Å². The summed E-state index contributed by atoms with van der Waals surface area (Å²) in [5.41, 5.74) is 9.25. The summed E-state index contributed by atoms with van der Waals surface area (Å²) in [5, 5.41) is 9.58. The maximum Gasteiger partial charge on any atom is 0.143 e. The summed E-state index contributed by atoms with van der Waals surface area (Å²) in [6.07, 6.45) is 0. The van der Waals surface area contributed by atoms with Gasteiger partial charge in [-0.3, -0.25) is 0 Å². The summed E-state index contributed by atoms with van der Waals surface area (Å²) >= 11 is 1.87. The van der Waals surface area contributed by atoms with Crippen LogP contribution in [0.3, 0.4) is 0 Å². The Balaban J connectivity index is 1.18. The van der Waals surface area contributed by atoms with Crippen molar-refractivity contribution in [3.63, 3.8) is 0 Å². The highest BCUT2D eigenvalue weighted by Crippen LogP contribution is 2.44. The minimum absolute atomic E-state index is 0.877. The van der Waals surface area contributed by atoms with Crippen LogP contribution >= 0.6 is 11.3 Å². The third-order valence-electron chi connectivity index (χ3n) is 9.60. The van der Waals surface area contributed by atoms with Crippen molar-refractivity contribution in [3.8, 4) is 16.8 Å². The Labute approximate surface area is 266 Å². The maximum absolute atomic E-state index is 6.68. The molecular weight excluding hydrogens is 583 g/mol. The predicted molar refractivity (Wildman–Crippen MR) is 194 cm³/mol. The number of hydrogen-bond donors (Lipinski definition) is 0. The SMILES string of the molecule is c1ccc2c(c1)oc1cccc(-c3cccc4c3oc3ccc(-n5c6ccccc6c6cc7sc8ccccc8c7cc65)cc34)c12. The van der Waals surface area contributed by atoms with Gasteiger partial charge in [0.15, 0.2) is 0 Å². The van der Waals surface area contributed by atoms with Crippen molar-refractivity contribution >= 4 is 97.2 Å². The van der Waals surface area contributed by atoms with Crippen LogP contribution in [0, 0.1) is 0 Å². The molecule has 11 rings (SSSR count). The van der Waals surface area contributed by atoms with E-state index in [1.54, 1.807) is 0 Å². The lowest BCUT2D eigenvalue weighted by Crippen LogP contribution is -1.93. The van der Waals surface area contributed by atoms with E-state index in [1.807, 2.05) is 29.5 Å². The first kappa shape index (κ1) is 24.5. The van der Waals surface area contributed by atoms with Crippen LogP contribution in [0.5, 0.6) is 0 Å². The lowest BCUT2D eigenvalue weighted by atomic mass is 9.97. The molecule has 0 aliphatic carbocycles. The molecule has 0 aliphatic heterocycles. The predicted octanol–water partition coefficient (Wildman–Crippen LogP) is 12.6. The number of rotatable bonds is 2. The molecule has 3 nitrogen and oxygen atoms in total. The highest BCUT2D eigenvalue weighted by molar-refractivity contribution is 7.25. The molecule has 4 heterocycles. The van der Waals surface area contributed by atoms with Gasteiger partial charge in [0.25, 0.3) is 0 Å². The van der Waals surface area contributed by atoms with Gasteiger partial charge in [0.1, 0.15) is 22.3 Å². The molecule has 0 atom stereocenters. The van der Waals surface area contributed by atoms with Crippen LogP contribution in [-0.2, 0) is 0 Å². The highest BCUT2D eigenvalue weighted by Gasteiger charge is 2.19. The van der Waals surface area contributed by atoms with Crippen molar-refractivity contribution in [2.75, 3.05) is 0 Å². The summed E-state index contributed by atoms with van der Waals surface area (Å²) in [7, 11) is 0. The number of para-hydroxylation sites is 3. The quantitative estimate of drug-likeness (QED) is 0.196. The van der Waals surface area contributed by atoms with Crippen molar-refractivity contribution in [2.24, 2.45) is 0 Å². The molecule has 0 bridgehead atoms. The maximum atomic E-state index is 6.68. The normalized spacial score (nSPS) is 12.3. The second-order valence-electron chi connectivity index (χ2n) is 12.1. The standard InChI is InChI=1S/C42H23NO2S/c1-4-15-34-25(9-1)31-23-40-33(26-10-3-6-18-39(26)46-40)22-35(31)43(34)24-19-20-37-32(21-24)29-14-7-13-28(42(29)45-37)27-12-8-17-38-41(27)30-11-2-5-16-36(30)44-38/h1-23H. The average molecular weight is 606 g/mol. The van der Waals surface area contributed by atoms with Gasteiger partial charge in [-0.25, -0.2) is 0 Å². The van der Waals surface area contributed by atoms with Crippen molar-refractivity contribution in [3.05, 3.63) is 140 Å². The zero-order valence-corrected chi connectivity index (χ0v) is 25.3. The Morgan fingerprint density at radius 3 is 2.11 bits per heavy atom. The van der Waals surface area contributed by atoms with Crippen LogP contribution in [0.4, 0.5) is 0 Å². The van der Waals surface area contributed by atoms with Crippen LogP contribution in [-0.4, -0.2) is 4.57 Å². The van der Waals surface area contributed by atoms with Gasteiger partial charge in [0.2, 0.25) is 0 Å². The molecule has 46 heavy (non-hydrogen) atoms. The fourth-order valence-corrected chi connectivity index (χ4v) is 8.73. The average Bonchev–Trinajstić information content (AvgIpc) is 3.85. The monoisotopic (exact) mass is 605 g/mol. The van der Waals surface area contributed by atoms with Crippen LogP contribution in [0.1, 0.15) is 0 Å². The van der Waals surface area contributed by atoms with Crippen LogP contribution in [0.15, 0.2) is 148 Å². The molecular formula is C42H23NO2S. The number of aromatic nitrogens is 1. The van der Waals surface area contributed by atoms with E-state index in [2.05, 4.69) is 126 Å². The topological polar surface area (TPSA) is 31.2 Å². The second kappa shape index (κ2) is 8.87. The number of nitrogens with zero attached hydrogens (tertiary/aromatic N) is 1. The second-order valence-corrected chi connectivity index (χ2v) is 13.1. The molecule has 0 fully saturated rings. The molecule has 11 aromatic rings. The lowest BCUT2D eigenvalue weighted by Gasteiger charge is -2.08. The van der Waals surface area contributed by atoms with E-state index in [0.29, 0.717) is 0 Å². The van der Waals surface area contributed by atoms with Gasteiger partial charge in [0.05, 0.1) is 11.0 Å². The third kappa shape index (κ3) is 3.21. The van der Waals surface area contributed by atoms with Crippen LogP contribution in [0.2, 0.25) is 0 Å². The molecule has 4 aromatic heterocycles. The lowest BCUT2D eigenvalue weighted by molar-refractivity contribution is 0.668. The molecule has 0 unspecified atom stereocenters. The molecule has 7 aromatic carbocycles. The summed E-state index contributed by atoms with van der Waals surface area (Å²) < 4.78 is 18.0. The first-order valence-corrected chi connectivity index (χ1v) is 16.3.